The quantitative estimate of drug-likeness (QED) is 0.227. The normalized spacial score (nSPS) is 20.4. The second kappa shape index (κ2) is 11.4. The number of hydrogen-bond donors (Lipinski definition) is 1. The minimum Gasteiger partial charge on any atom is -0.507 e. The van der Waals surface area contributed by atoms with E-state index in [1.807, 2.05) is 0 Å². The molecular formula is C26H30N2O8S. The number of amides is 1. The zero-order valence-electron chi connectivity index (χ0n) is 20.8. The van der Waals surface area contributed by atoms with Gasteiger partial charge in [0.05, 0.1) is 36.8 Å². The lowest BCUT2D eigenvalue weighted by atomic mass is 9.95. The molecule has 2 aliphatic rings. The van der Waals surface area contributed by atoms with Gasteiger partial charge in [-0.3, -0.25) is 9.59 Å². The summed E-state index contributed by atoms with van der Waals surface area (Å²) in [4.78, 5) is 27.6. The molecular weight excluding hydrogens is 500 g/mol. The molecule has 0 aromatic heterocycles. The molecule has 0 bridgehead atoms. The van der Waals surface area contributed by atoms with Gasteiger partial charge in [-0.15, -0.1) is 0 Å². The van der Waals surface area contributed by atoms with Crippen LogP contribution in [0.25, 0.3) is 5.76 Å². The van der Waals surface area contributed by atoms with Crippen molar-refractivity contribution in [1.29, 1.82) is 0 Å². The van der Waals surface area contributed by atoms with E-state index in [2.05, 4.69) is 0 Å². The van der Waals surface area contributed by atoms with Crippen LogP contribution in [-0.2, 0) is 29.1 Å². The topological polar surface area (TPSA) is 123 Å². The van der Waals surface area contributed by atoms with Gasteiger partial charge in [-0.05, 0) is 48.4 Å². The molecule has 2 fully saturated rings. The average molecular weight is 531 g/mol. The Morgan fingerprint density at radius 2 is 1.68 bits per heavy atom. The number of carbonyl (C=O) groups is 2. The number of benzene rings is 2. The Labute approximate surface area is 216 Å². The standard InChI is InChI=1S/C26H30N2O8S/c1-34-15-3-12-28-23(18-4-8-20(35-2)9-5-18)22(25(30)26(28)31)24(29)19-6-10-21(11-7-19)37(32,33)27-13-16-36-17-14-27/h4-11,23,29H,3,12-17H2,1-2H3/b24-22+/t23-/m1/s1. The van der Waals surface area contributed by atoms with Crippen molar-refractivity contribution in [2.24, 2.45) is 0 Å². The van der Waals surface area contributed by atoms with Crippen LogP contribution < -0.4 is 4.74 Å². The van der Waals surface area contributed by atoms with Crippen molar-refractivity contribution in [1.82, 2.24) is 9.21 Å². The first-order valence-corrected chi connectivity index (χ1v) is 13.3. The summed E-state index contributed by atoms with van der Waals surface area (Å²) in [5.74, 6) is -1.29. The van der Waals surface area contributed by atoms with E-state index in [1.165, 1.54) is 40.6 Å². The average Bonchev–Trinajstić information content (AvgIpc) is 3.18. The number of ether oxygens (including phenoxy) is 3. The number of likely N-dealkylation sites (tertiary alicyclic amines) is 1. The summed E-state index contributed by atoms with van der Waals surface area (Å²) in [5, 5.41) is 11.2. The van der Waals surface area contributed by atoms with Crippen molar-refractivity contribution >= 4 is 27.5 Å². The Morgan fingerprint density at radius 3 is 2.27 bits per heavy atom. The molecule has 2 aromatic carbocycles. The number of aliphatic hydroxyl groups excluding tert-OH is 1. The summed E-state index contributed by atoms with van der Waals surface area (Å²) >= 11 is 0. The number of morpholine rings is 1. The maximum absolute atomic E-state index is 13.1. The zero-order valence-corrected chi connectivity index (χ0v) is 21.6. The summed E-state index contributed by atoms with van der Waals surface area (Å²) in [6.45, 7) is 1.83. The van der Waals surface area contributed by atoms with Crippen LogP contribution in [0.4, 0.5) is 0 Å². The predicted octanol–water partition coefficient (Wildman–Crippen LogP) is 2.17. The maximum atomic E-state index is 13.1. The molecule has 1 atom stereocenters. The highest BCUT2D eigenvalue weighted by Gasteiger charge is 2.45. The van der Waals surface area contributed by atoms with E-state index >= 15 is 0 Å². The van der Waals surface area contributed by atoms with E-state index in [-0.39, 0.29) is 41.4 Å². The number of methoxy groups -OCH3 is 2. The van der Waals surface area contributed by atoms with Crippen molar-refractivity contribution in [2.75, 3.05) is 53.7 Å². The Balaban J connectivity index is 1.72. The summed E-state index contributed by atoms with van der Waals surface area (Å²) in [7, 11) is -0.632. The molecule has 37 heavy (non-hydrogen) atoms. The number of nitrogens with zero attached hydrogens (tertiary/aromatic N) is 2. The Bertz CT molecular complexity index is 1270. The molecule has 0 radical (unpaired) electrons. The molecule has 4 rings (SSSR count). The van der Waals surface area contributed by atoms with Gasteiger partial charge in [0.2, 0.25) is 10.0 Å². The molecule has 0 saturated carbocycles. The van der Waals surface area contributed by atoms with E-state index in [4.69, 9.17) is 14.2 Å². The highest BCUT2D eigenvalue weighted by atomic mass is 32.2. The van der Waals surface area contributed by atoms with Crippen LogP contribution in [0.5, 0.6) is 5.75 Å². The minimum atomic E-state index is -3.72. The van der Waals surface area contributed by atoms with Gasteiger partial charge in [0.1, 0.15) is 11.5 Å². The van der Waals surface area contributed by atoms with Gasteiger partial charge in [0.15, 0.2) is 0 Å². The molecule has 10 nitrogen and oxygen atoms in total. The molecule has 198 valence electrons. The predicted molar refractivity (Wildman–Crippen MR) is 135 cm³/mol. The van der Waals surface area contributed by atoms with Crippen molar-refractivity contribution in [3.63, 3.8) is 0 Å². The van der Waals surface area contributed by atoms with Gasteiger partial charge < -0.3 is 24.2 Å². The third kappa shape index (κ3) is 5.40. The summed E-state index contributed by atoms with van der Waals surface area (Å²) in [6, 6.07) is 11.7. The van der Waals surface area contributed by atoms with Crippen LogP contribution in [0.15, 0.2) is 59.0 Å². The lowest BCUT2D eigenvalue weighted by Crippen LogP contribution is -2.40. The first kappa shape index (κ1) is 26.8. The van der Waals surface area contributed by atoms with E-state index in [9.17, 15) is 23.1 Å². The smallest absolute Gasteiger partial charge is 0.295 e. The number of aliphatic hydroxyl groups is 1. The molecule has 1 N–H and O–H groups in total. The highest BCUT2D eigenvalue weighted by Crippen LogP contribution is 2.40. The lowest BCUT2D eigenvalue weighted by molar-refractivity contribution is -0.140. The number of rotatable bonds is 9. The molecule has 0 unspecified atom stereocenters. The van der Waals surface area contributed by atoms with Gasteiger partial charge in [0, 0.05) is 38.9 Å². The number of Topliss-reactive ketones (excluding diaryl/α,β-unsaturated/α-hetero) is 1. The maximum Gasteiger partial charge on any atom is 0.295 e. The summed E-state index contributed by atoms with van der Waals surface area (Å²) < 4.78 is 42.8. The number of sulfonamides is 1. The minimum absolute atomic E-state index is 0.0589. The van der Waals surface area contributed by atoms with E-state index < -0.39 is 27.8 Å². The van der Waals surface area contributed by atoms with Crippen LogP contribution >= 0.6 is 0 Å². The third-order valence-electron chi connectivity index (χ3n) is 6.45. The Kier molecular flexibility index (Phi) is 8.28. The first-order valence-electron chi connectivity index (χ1n) is 11.9. The number of hydrogen-bond acceptors (Lipinski definition) is 8. The van der Waals surface area contributed by atoms with Crippen molar-refractivity contribution in [2.45, 2.75) is 17.4 Å². The van der Waals surface area contributed by atoms with E-state index in [0.717, 1.165) is 0 Å². The molecule has 0 aliphatic carbocycles. The van der Waals surface area contributed by atoms with Gasteiger partial charge in [0.25, 0.3) is 11.7 Å². The Hall–Kier alpha value is -3.25. The third-order valence-corrected chi connectivity index (χ3v) is 8.37. The molecule has 2 heterocycles. The summed E-state index contributed by atoms with van der Waals surface area (Å²) in [5.41, 5.74) is 0.802. The molecule has 2 saturated heterocycles. The van der Waals surface area contributed by atoms with Crippen molar-refractivity contribution < 1.29 is 37.3 Å². The monoisotopic (exact) mass is 530 g/mol. The highest BCUT2D eigenvalue weighted by molar-refractivity contribution is 7.89. The molecule has 1 amide bonds. The van der Waals surface area contributed by atoms with Gasteiger partial charge >= 0.3 is 0 Å². The van der Waals surface area contributed by atoms with Crippen LogP contribution in [-0.4, -0.2) is 88.1 Å². The summed E-state index contributed by atoms with van der Waals surface area (Å²) in [6.07, 6.45) is 0.504. The first-order chi connectivity index (χ1) is 17.8. The molecule has 2 aromatic rings. The van der Waals surface area contributed by atoms with Crippen LogP contribution in [0.2, 0.25) is 0 Å². The number of carbonyl (C=O) groups excluding carboxylic acids is 2. The fourth-order valence-corrected chi connectivity index (χ4v) is 5.91. The zero-order chi connectivity index (χ0) is 26.6. The molecule has 0 spiro atoms. The second-order valence-corrected chi connectivity index (χ2v) is 10.6. The van der Waals surface area contributed by atoms with Gasteiger partial charge in [-0.25, -0.2) is 8.42 Å². The number of ketones is 1. The van der Waals surface area contributed by atoms with Gasteiger partial charge in [-0.2, -0.15) is 4.31 Å². The lowest BCUT2D eigenvalue weighted by Gasteiger charge is -2.26. The Morgan fingerprint density at radius 1 is 1.03 bits per heavy atom. The van der Waals surface area contributed by atoms with Crippen LogP contribution in [0.3, 0.4) is 0 Å². The second-order valence-electron chi connectivity index (χ2n) is 8.65. The fraction of sp³-hybridized carbons (Fsp3) is 0.385. The fourth-order valence-electron chi connectivity index (χ4n) is 4.50. The van der Waals surface area contributed by atoms with E-state index in [0.29, 0.717) is 37.6 Å². The van der Waals surface area contributed by atoms with Crippen LogP contribution in [0, 0.1) is 0 Å². The molecule has 2 aliphatic heterocycles. The van der Waals surface area contributed by atoms with Gasteiger partial charge in [-0.1, -0.05) is 12.1 Å². The van der Waals surface area contributed by atoms with Crippen LogP contribution in [0.1, 0.15) is 23.6 Å². The SMILES string of the molecule is COCCCN1C(=O)C(=O)/C(=C(/O)c2ccc(S(=O)(=O)N3CCOCC3)cc2)[C@H]1c1ccc(OC)cc1. The van der Waals surface area contributed by atoms with E-state index in [1.54, 1.807) is 31.4 Å². The largest absolute Gasteiger partial charge is 0.507 e. The molecule has 11 heteroatoms. The van der Waals surface area contributed by atoms with Crippen molar-refractivity contribution in [3.05, 3.63) is 65.2 Å². The van der Waals surface area contributed by atoms with Crippen molar-refractivity contribution in [3.8, 4) is 5.75 Å².